The molecule has 468 valence electrons. The van der Waals surface area contributed by atoms with Crippen LogP contribution in [0.4, 0.5) is 13.2 Å². The van der Waals surface area contributed by atoms with Gasteiger partial charge in [0.25, 0.3) is 0 Å². The van der Waals surface area contributed by atoms with Crippen molar-refractivity contribution in [2.45, 2.75) is 123 Å². The number of aromatic nitrogens is 3. The van der Waals surface area contributed by atoms with Gasteiger partial charge in [0.15, 0.2) is 11.6 Å². The molecule has 22 heteroatoms. The van der Waals surface area contributed by atoms with Crippen LogP contribution in [-0.4, -0.2) is 205 Å². The van der Waals surface area contributed by atoms with E-state index >= 15 is 0 Å². The quantitative estimate of drug-likeness (QED) is 0.0160. The van der Waals surface area contributed by atoms with E-state index < -0.39 is 29.2 Å². The van der Waals surface area contributed by atoms with E-state index in [1.807, 2.05) is 29.7 Å². The first-order valence-corrected chi connectivity index (χ1v) is 30.2. The Bertz CT molecular complexity index is 2260. The van der Waals surface area contributed by atoms with E-state index in [1.165, 1.54) is 18.4 Å². The van der Waals surface area contributed by atoms with Gasteiger partial charge in [-0.2, -0.15) is 0 Å². The number of nitrogens with one attached hydrogen (secondary N) is 3. The van der Waals surface area contributed by atoms with Crippen LogP contribution in [0.5, 0.6) is 5.75 Å². The van der Waals surface area contributed by atoms with Gasteiger partial charge >= 0.3 is 5.97 Å². The van der Waals surface area contributed by atoms with Crippen molar-refractivity contribution in [1.82, 2.24) is 35.0 Å². The van der Waals surface area contributed by atoms with Crippen molar-refractivity contribution in [1.29, 1.82) is 10.8 Å². The van der Waals surface area contributed by atoms with Gasteiger partial charge < -0.3 is 57.7 Å². The number of aryl methyl sites for hydroxylation is 1. The Kier molecular flexibility index (Phi) is 32.8. The number of unbranched alkanes of at least 4 members (excludes halogenated alkanes) is 1. The summed E-state index contributed by atoms with van der Waals surface area (Å²) in [5, 5.41) is 30.6. The average molecular weight is 1170 g/mol. The Morgan fingerprint density at radius 2 is 1.34 bits per heavy atom. The molecule has 3 N–H and O–H groups in total. The number of amidine groups is 2. The predicted octanol–water partition coefficient (Wildman–Crippen LogP) is 8.39. The lowest BCUT2D eigenvalue weighted by Crippen LogP contribution is -2.57. The van der Waals surface area contributed by atoms with E-state index in [0.717, 1.165) is 83.4 Å². The minimum atomic E-state index is -1.30. The second-order valence-electron chi connectivity index (χ2n) is 22.1. The van der Waals surface area contributed by atoms with Crippen LogP contribution in [0.3, 0.4) is 0 Å². The number of carbonyl (C=O) groups is 1. The molecule has 2 aliphatic rings. The number of benzene rings is 2. The lowest BCUT2D eigenvalue weighted by atomic mass is 9.58. The molecule has 19 nitrogen and oxygen atoms in total. The standard InChI is InChI=1S/C61H98F3N9O10/c1-7-47(2)49(4)71(22-17-57(67-6)51-14-9-8-10-15-51)44-48(3)73(50(5)65)60(66)52-42-61(43-52)19-13-21-70(46-61)20-12-11-16-54-45-72(69-68-54)23-25-76-27-29-78-31-33-80-35-37-82-39-38-81-36-34-79-32-30-77-28-26-75-24-18-58(74)83-59-55(63)40-53(62)41-56(59)64/h8-10,14-15,40-41,45,47-49,52,57,65-67H,7,11-13,16-39,42-44,46H2,1-6H3. The van der Waals surface area contributed by atoms with Gasteiger partial charge in [-0.25, -0.2) is 17.9 Å². The van der Waals surface area contributed by atoms with Crippen molar-refractivity contribution >= 4 is 17.6 Å². The molecule has 2 aromatic carbocycles. The minimum Gasteiger partial charge on any atom is -0.420 e. The summed E-state index contributed by atoms with van der Waals surface area (Å²) in [6, 6.07) is 12.3. The van der Waals surface area contributed by atoms with Crippen LogP contribution in [0, 0.1) is 45.5 Å². The maximum atomic E-state index is 13.6. The van der Waals surface area contributed by atoms with Gasteiger partial charge in [-0.05, 0) is 109 Å². The summed E-state index contributed by atoms with van der Waals surface area (Å²) in [7, 11) is 2.05. The van der Waals surface area contributed by atoms with Crippen molar-refractivity contribution < 1.29 is 60.6 Å². The van der Waals surface area contributed by atoms with E-state index in [9.17, 15) is 23.4 Å². The lowest BCUT2D eigenvalue weighted by Gasteiger charge is -2.54. The van der Waals surface area contributed by atoms with Crippen LogP contribution in [-0.2, 0) is 55.7 Å². The summed E-state index contributed by atoms with van der Waals surface area (Å²) in [5.74, 6) is -3.71. The summed E-state index contributed by atoms with van der Waals surface area (Å²) in [6.07, 6.45) is 11.5. The fourth-order valence-electron chi connectivity index (χ4n) is 10.9. The van der Waals surface area contributed by atoms with Crippen LogP contribution in [0.25, 0.3) is 0 Å². The number of carbonyl (C=O) groups excluding carboxylic acids is 1. The second kappa shape index (κ2) is 39.3. The lowest BCUT2D eigenvalue weighted by molar-refractivity contribution is -0.136. The Labute approximate surface area is 491 Å². The highest BCUT2D eigenvalue weighted by Gasteiger charge is 2.49. The zero-order chi connectivity index (χ0) is 59.7. The third-order valence-corrected chi connectivity index (χ3v) is 15.8. The van der Waals surface area contributed by atoms with Gasteiger partial charge in [0.1, 0.15) is 11.7 Å². The van der Waals surface area contributed by atoms with Crippen molar-refractivity contribution in [3.05, 3.63) is 77.4 Å². The number of ether oxygens (including phenoxy) is 9. The molecule has 0 bridgehead atoms. The third-order valence-electron chi connectivity index (χ3n) is 15.8. The van der Waals surface area contributed by atoms with E-state index in [-0.39, 0.29) is 49.7 Å². The molecule has 1 aromatic heterocycles. The molecule has 3 aromatic rings. The molecule has 4 unspecified atom stereocenters. The van der Waals surface area contributed by atoms with E-state index in [1.54, 1.807) is 0 Å². The van der Waals surface area contributed by atoms with Crippen molar-refractivity contribution in [2.75, 3.05) is 145 Å². The fourth-order valence-corrected chi connectivity index (χ4v) is 10.9. The van der Waals surface area contributed by atoms with Gasteiger partial charge in [0.05, 0.1) is 130 Å². The van der Waals surface area contributed by atoms with Gasteiger partial charge in [-0.3, -0.25) is 20.5 Å². The molecule has 0 amide bonds. The number of esters is 1. The SMILES string of the molecule is CCC(C)C(C)N(CCC(NC)c1ccccc1)CC(C)N(C(C)=N)C(=N)C1CC2(CCCN(CCCCc3cn(CCOCCOCCOCCOCCOCCOCCOCCOCCC(=O)Oc4c(F)cc(F)cc4F)nn3)C2)C1. The molecule has 1 saturated carbocycles. The molecule has 83 heavy (non-hydrogen) atoms. The summed E-state index contributed by atoms with van der Waals surface area (Å²) < 4.78 is 90.7. The van der Waals surface area contributed by atoms with Crippen molar-refractivity contribution in [3.63, 3.8) is 0 Å². The smallest absolute Gasteiger partial charge is 0.313 e. The second-order valence-corrected chi connectivity index (χ2v) is 22.1. The largest absolute Gasteiger partial charge is 0.420 e. The number of piperidine rings is 1. The predicted molar refractivity (Wildman–Crippen MR) is 313 cm³/mol. The normalized spacial score (nSPS) is 17.8. The highest BCUT2D eigenvalue weighted by Crippen LogP contribution is 2.52. The fraction of sp³-hybridized carbons (Fsp3) is 0.721. The van der Waals surface area contributed by atoms with Gasteiger partial charge in [0.2, 0.25) is 5.75 Å². The summed E-state index contributed by atoms with van der Waals surface area (Å²) in [5.41, 5.74) is 2.59. The summed E-state index contributed by atoms with van der Waals surface area (Å²) in [6.45, 7) is 22.9. The molecule has 1 saturated heterocycles. The van der Waals surface area contributed by atoms with Gasteiger partial charge in [0, 0.05) is 62.0 Å². The molecule has 2 fully saturated rings. The molecule has 1 spiro atoms. The first kappa shape index (κ1) is 69.3. The number of nitrogens with zero attached hydrogens (tertiary/aromatic N) is 6. The van der Waals surface area contributed by atoms with Crippen molar-refractivity contribution in [2.24, 2.45) is 17.3 Å². The number of hydrogen-bond donors (Lipinski definition) is 3. The number of halogens is 3. The molecular formula is C61H98F3N9O10. The van der Waals surface area contributed by atoms with Crippen LogP contribution in [0.1, 0.15) is 110 Å². The van der Waals surface area contributed by atoms with Gasteiger partial charge in [-0.15, -0.1) is 5.10 Å². The van der Waals surface area contributed by atoms with E-state index in [0.29, 0.717) is 128 Å². The molecule has 2 heterocycles. The molecule has 0 radical (unpaired) electrons. The first-order valence-electron chi connectivity index (χ1n) is 30.2. The summed E-state index contributed by atoms with van der Waals surface area (Å²) >= 11 is 0. The first-order chi connectivity index (χ1) is 40.2. The Balaban J connectivity index is 0.796. The highest BCUT2D eigenvalue weighted by atomic mass is 19.1. The molecule has 5 rings (SSSR count). The van der Waals surface area contributed by atoms with E-state index in [4.69, 9.17) is 43.3 Å². The maximum absolute atomic E-state index is 13.6. The highest BCUT2D eigenvalue weighted by molar-refractivity contribution is 5.98. The monoisotopic (exact) mass is 1170 g/mol. The Hall–Kier alpha value is -4.46. The topological polar surface area (TPSA) is 200 Å². The molecular weight excluding hydrogens is 1080 g/mol. The zero-order valence-corrected chi connectivity index (χ0v) is 50.5. The maximum Gasteiger partial charge on any atom is 0.313 e. The van der Waals surface area contributed by atoms with Crippen molar-refractivity contribution in [3.8, 4) is 5.75 Å². The molecule has 1 aliphatic heterocycles. The average Bonchev–Trinajstić information content (AvgIpc) is 2.73. The molecule has 1 aliphatic carbocycles. The minimum absolute atomic E-state index is 0.0358. The number of hydrogen-bond acceptors (Lipinski definition) is 17. The van der Waals surface area contributed by atoms with Crippen LogP contribution in [0.2, 0.25) is 0 Å². The van der Waals surface area contributed by atoms with Crippen LogP contribution >= 0.6 is 0 Å². The number of likely N-dealkylation sites (tertiary alicyclic amines) is 1. The molecule has 4 atom stereocenters. The zero-order valence-electron chi connectivity index (χ0n) is 50.5. The third kappa shape index (κ3) is 25.6. The van der Waals surface area contributed by atoms with Crippen LogP contribution < -0.4 is 10.1 Å². The summed E-state index contributed by atoms with van der Waals surface area (Å²) in [4.78, 5) is 19.1. The number of rotatable bonds is 45. The van der Waals surface area contributed by atoms with Gasteiger partial charge in [-0.1, -0.05) is 55.8 Å². The Morgan fingerprint density at radius 1 is 0.783 bits per heavy atom. The Morgan fingerprint density at radius 3 is 1.88 bits per heavy atom. The van der Waals surface area contributed by atoms with E-state index in [2.05, 4.69) is 88.2 Å². The van der Waals surface area contributed by atoms with Crippen LogP contribution in [0.15, 0.2) is 48.7 Å².